The number of carboxylic acid groups (broad SMARTS) is 1. The maximum Gasteiger partial charge on any atom is 0.341 e. The van der Waals surface area contributed by atoms with E-state index >= 15 is 0 Å². The van der Waals surface area contributed by atoms with E-state index in [4.69, 9.17) is 9.84 Å². The van der Waals surface area contributed by atoms with E-state index in [1.807, 2.05) is 0 Å². The average molecular weight is 323 g/mol. The predicted molar refractivity (Wildman–Crippen MR) is 88.6 cm³/mol. The van der Waals surface area contributed by atoms with Crippen molar-refractivity contribution in [2.24, 2.45) is 5.10 Å². The molecule has 2 aromatic carbocycles. The van der Waals surface area contributed by atoms with Crippen molar-refractivity contribution in [2.45, 2.75) is 0 Å². The average Bonchev–Trinajstić information content (AvgIpc) is 2.60. The van der Waals surface area contributed by atoms with Gasteiger partial charge in [-0.2, -0.15) is 9.78 Å². The van der Waals surface area contributed by atoms with Gasteiger partial charge in [0.2, 0.25) is 0 Å². The molecule has 0 radical (unpaired) electrons. The van der Waals surface area contributed by atoms with Gasteiger partial charge in [0, 0.05) is 5.56 Å². The standard InChI is InChI=1S/C17H13N3O4/c21-16(22)10-24-15-8-4-1-5-12(15)9-19-20-11-18-14-7-3-2-6-13(14)17(20)23/h1-9,11H,10H2,(H,21,22)/b19-9+. The van der Waals surface area contributed by atoms with Gasteiger partial charge in [-0.25, -0.2) is 9.78 Å². The molecule has 0 saturated heterocycles. The molecule has 1 N–H and O–H groups in total. The summed E-state index contributed by atoms with van der Waals surface area (Å²) in [7, 11) is 0. The summed E-state index contributed by atoms with van der Waals surface area (Å²) in [5, 5.41) is 13.3. The molecule has 0 spiro atoms. The normalized spacial score (nSPS) is 11.0. The van der Waals surface area contributed by atoms with E-state index in [1.165, 1.54) is 12.5 Å². The number of para-hydroxylation sites is 2. The summed E-state index contributed by atoms with van der Waals surface area (Å²) in [4.78, 5) is 27.1. The quantitative estimate of drug-likeness (QED) is 0.722. The number of carboxylic acids is 1. The van der Waals surface area contributed by atoms with Gasteiger partial charge in [0.1, 0.15) is 12.1 Å². The number of hydrogen-bond acceptors (Lipinski definition) is 5. The zero-order chi connectivity index (χ0) is 16.9. The molecule has 0 unspecified atom stereocenters. The second-order valence-electron chi connectivity index (χ2n) is 4.88. The lowest BCUT2D eigenvalue weighted by atomic mass is 10.2. The van der Waals surface area contributed by atoms with Gasteiger partial charge in [0.15, 0.2) is 6.61 Å². The Bertz CT molecular complexity index is 979. The number of ether oxygens (including phenoxy) is 1. The molecule has 0 saturated carbocycles. The SMILES string of the molecule is O=C(O)COc1ccccc1/C=N/n1cnc2ccccc2c1=O. The van der Waals surface area contributed by atoms with Crippen molar-refractivity contribution >= 4 is 23.1 Å². The molecule has 3 rings (SSSR count). The van der Waals surface area contributed by atoms with Gasteiger partial charge >= 0.3 is 5.97 Å². The highest BCUT2D eigenvalue weighted by Crippen LogP contribution is 2.15. The smallest absolute Gasteiger partial charge is 0.341 e. The summed E-state index contributed by atoms with van der Waals surface area (Å²) >= 11 is 0. The molecule has 24 heavy (non-hydrogen) atoms. The van der Waals surface area contributed by atoms with E-state index in [0.717, 1.165) is 4.68 Å². The molecule has 0 amide bonds. The Hall–Kier alpha value is -3.48. The van der Waals surface area contributed by atoms with E-state index in [9.17, 15) is 9.59 Å². The molecule has 0 aliphatic heterocycles. The van der Waals surface area contributed by atoms with Gasteiger partial charge < -0.3 is 9.84 Å². The Kier molecular flexibility index (Phi) is 4.33. The van der Waals surface area contributed by atoms with Crippen molar-refractivity contribution in [3.63, 3.8) is 0 Å². The van der Waals surface area contributed by atoms with Crippen molar-refractivity contribution in [2.75, 3.05) is 6.61 Å². The third-order valence-electron chi connectivity index (χ3n) is 3.24. The molecule has 3 aromatic rings. The van der Waals surface area contributed by atoms with Crippen LogP contribution in [0.25, 0.3) is 10.9 Å². The van der Waals surface area contributed by atoms with Crippen LogP contribution >= 0.6 is 0 Å². The Labute approximate surface area is 136 Å². The fourth-order valence-corrected chi connectivity index (χ4v) is 2.12. The summed E-state index contributed by atoms with van der Waals surface area (Å²) in [6.07, 6.45) is 2.76. The monoisotopic (exact) mass is 323 g/mol. The van der Waals surface area contributed by atoms with Gasteiger partial charge in [0.05, 0.1) is 17.1 Å². The maximum absolute atomic E-state index is 12.3. The molecular formula is C17H13N3O4. The lowest BCUT2D eigenvalue weighted by Gasteiger charge is -2.06. The van der Waals surface area contributed by atoms with E-state index in [-0.39, 0.29) is 5.56 Å². The highest BCUT2D eigenvalue weighted by Gasteiger charge is 2.05. The van der Waals surface area contributed by atoms with Gasteiger partial charge in [0.25, 0.3) is 5.56 Å². The Balaban J connectivity index is 1.93. The van der Waals surface area contributed by atoms with Gasteiger partial charge in [-0.1, -0.05) is 24.3 Å². The van der Waals surface area contributed by atoms with E-state index in [1.54, 1.807) is 48.5 Å². The predicted octanol–water partition coefficient (Wildman–Crippen LogP) is 1.74. The summed E-state index contributed by atoms with van der Waals surface area (Å²) in [6.45, 7) is -0.456. The molecule has 1 aromatic heterocycles. The molecule has 0 fully saturated rings. The largest absolute Gasteiger partial charge is 0.481 e. The molecule has 0 aliphatic carbocycles. The molecule has 0 bridgehead atoms. The second kappa shape index (κ2) is 6.74. The number of nitrogens with zero attached hydrogens (tertiary/aromatic N) is 3. The Morgan fingerprint density at radius 3 is 2.79 bits per heavy atom. The first-order valence-electron chi connectivity index (χ1n) is 7.09. The highest BCUT2D eigenvalue weighted by atomic mass is 16.5. The minimum atomic E-state index is -1.07. The summed E-state index contributed by atoms with van der Waals surface area (Å²) in [6, 6.07) is 13.8. The molecule has 7 nitrogen and oxygen atoms in total. The Morgan fingerprint density at radius 2 is 1.96 bits per heavy atom. The topological polar surface area (TPSA) is 93.8 Å². The number of aliphatic carboxylic acids is 1. The zero-order valence-corrected chi connectivity index (χ0v) is 12.5. The van der Waals surface area contributed by atoms with Crippen molar-refractivity contribution in [1.29, 1.82) is 0 Å². The van der Waals surface area contributed by atoms with Crippen LogP contribution < -0.4 is 10.3 Å². The fraction of sp³-hybridized carbons (Fsp3) is 0.0588. The number of hydrogen-bond donors (Lipinski definition) is 1. The minimum absolute atomic E-state index is 0.291. The Morgan fingerprint density at radius 1 is 1.21 bits per heavy atom. The molecular weight excluding hydrogens is 310 g/mol. The van der Waals surface area contributed by atoms with Crippen molar-refractivity contribution in [3.05, 3.63) is 70.8 Å². The maximum atomic E-state index is 12.3. The van der Waals surface area contributed by atoms with Crippen LogP contribution in [0, 0.1) is 0 Å². The van der Waals surface area contributed by atoms with Crippen molar-refractivity contribution in [3.8, 4) is 5.75 Å². The lowest BCUT2D eigenvalue weighted by molar-refractivity contribution is -0.139. The molecule has 1 heterocycles. The van der Waals surface area contributed by atoms with E-state index in [2.05, 4.69) is 10.1 Å². The van der Waals surface area contributed by atoms with Gasteiger partial charge in [-0.15, -0.1) is 0 Å². The number of fused-ring (bicyclic) bond motifs is 1. The first-order valence-corrected chi connectivity index (χ1v) is 7.09. The summed E-state index contributed by atoms with van der Waals surface area (Å²) in [5.74, 6) is -0.706. The molecule has 0 aliphatic rings. The number of carbonyl (C=O) groups is 1. The second-order valence-corrected chi connectivity index (χ2v) is 4.88. The molecule has 0 atom stereocenters. The van der Waals surface area contributed by atoms with Crippen LogP contribution in [0.1, 0.15) is 5.56 Å². The molecule has 120 valence electrons. The third kappa shape index (κ3) is 3.30. The number of rotatable bonds is 5. The van der Waals surface area contributed by atoms with Crippen molar-refractivity contribution in [1.82, 2.24) is 9.66 Å². The lowest BCUT2D eigenvalue weighted by Crippen LogP contribution is -2.17. The van der Waals surface area contributed by atoms with Crippen LogP contribution in [0.2, 0.25) is 0 Å². The van der Waals surface area contributed by atoms with Crippen LogP contribution in [0.5, 0.6) is 5.75 Å². The van der Waals surface area contributed by atoms with E-state index < -0.39 is 12.6 Å². The summed E-state index contributed by atoms with van der Waals surface area (Å²) < 4.78 is 6.32. The third-order valence-corrected chi connectivity index (χ3v) is 3.24. The fourth-order valence-electron chi connectivity index (χ4n) is 2.12. The first-order chi connectivity index (χ1) is 11.6. The van der Waals surface area contributed by atoms with E-state index in [0.29, 0.717) is 22.2 Å². The van der Waals surface area contributed by atoms with Crippen LogP contribution in [0.15, 0.2) is 64.8 Å². The van der Waals surface area contributed by atoms with Crippen LogP contribution in [-0.4, -0.2) is 33.6 Å². The summed E-state index contributed by atoms with van der Waals surface area (Å²) in [5.41, 5.74) is 0.860. The van der Waals surface area contributed by atoms with Crippen LogP contribution in [-0.2, 0) is 4.79 Å². The first kappa shape index (κ1) is 15.4. The van der Waals surface area contributed by atoms with Gasteiger partial charge in [-0.3, -0.25) is 4.79 Å². The highest BCUT2D eigenvalue weighted by molar-refractivity contribution is 5.84. The zero-order valence-electron chi connectivity index (χ0n) is 12.5. The minimum Gasteiger partial charge on any atom is -0.481 e. The number of aromatic nitrogens is 2. The van der Waals surface area contributed by atoms with Gasteiger partial charge in [-0.05, 0) is 24.3 Å². The number of benzene rings is 2. The van der Waals surface area contributed by atoms with Crippen LogP contribution in [0.3, 0.4) is 0 Å². The van der Waals surface area contributed by atoms with Crippen molar-refractivity contribution < 1.29 is 14.6 Å². The van der Waals surface area contributed by atoms with Crippen LogP contribution in [0.4, 0.5) is 0 Å². The molecule has 7 heteroatoms.